The number of hydrogen-bond acceptors (Lipinski definition) is 4. The summed E-state index contributed by atoms with van der Waals surface area (Å²) in [5, 5.41) is 11.2. The third kappa shape index (κ3) is 1.99. The Bertz CT molecular complexity index is 399. The smallest absolute Gasteiger partial charge is 0.309 e. The first kappa shape index (κ1) is 12.6. The lowest BCUT2D eigenvalue weighted by atomic mass is 10.0. The standard InChI is InChI=1S/C10H16N4O4/c1-6(15)12(2)11-9(16)8-4-3-7-5-13(8)10(17)14(7)18/h7-8,18H,3-5H2,1-2H3,(H,11,16)/t7-,8+/m0/s1. The second-order valence-electron chi connectivity index (χ2n) is 4.58. The van der Waals surface area contributed by atoms with Gasteiger partial charge in [0.15, 0.2) is 0 Å². The second-order valence-corrected chi connectivity index (χ2v) is 4.58. The van der Waals surface area contributed by atoms with Gasteiger partial charge in [-0.05, 0) is 12.8 Å². The van der Waals surface area contributed by atoms with Gasteiger partial charge in [0.2, 0.25) is 5.91 Å². The maximum Gasteiger partial charge on any atom is 0.344 e. The van der Waals surface area contributed by atoms with E-state index in [1.807, 2.05) is 0 Å². The molecular weight excluding hydrogens is 240 g/mol. The van der Waals surface area contributed by atoms with Crippen molar-refractivity contribution in [3.63, 3.8) is 0 Å². The fourth-order valence-corrected chi connectivity index (χ4v) is 2.24. The van der Waals surface area contributed by atoms with E-state index in [1.165, 1.54) is 18.9 Å². The summed E-state index contributed by atoms with van der Waals surface area (Å²) < 4.78 is 0. The fraction of sp³-hybridized carbons (Fsp3) is 0.700. The number of carbonyl (C=O) groups is 3. The van der Waals surface area contributed by atoms with Gasteiger partial charge in [-0.2, -0.15) is 0 Å². The molecule has 100 valence electrons. The van der Waals surface area contributed by atoms with E-state index in [9.17, 15) is 19.6 Å². The lowest BCUT2D eigenvalue weighted by Gasteiger charge is -2.30. The Morgan fingerprint density at radius 3 is 2.72 bits per heavy atom. The number of rotatable bonds is 1. The van der Waals surface area contributed by atoms with Gasteiger partial charge in [0.25, 0.3) is 5.91 Å². The van der Waals surface area contributed by atoms with E-state index >= 15 is 0 Å². The molecule has 0 aromatic carbocycles. The maximum absolute atomic E-state index is 12.0. The summed E-state index contributed by atoms with van der Waals surface area (Å²) >= 11 is 0. The summed E-state index contributed by atoms with van der Waals surface area (Å²) in [6, 6.07) is -1.41. The van der Waals surface area contributed by atoms with E-state index in [1.54, 1.807) is 0 Å². The molecule has 0 unspecified atom stereocenters. The first-order valence-electron chi connectivity index (χ1n) is 5.75. The molecule has 0 aromatic rings. The van der Waals surface area contributed by atoms with Crippen LogP contribution in [0, 0.1) is 0 Å². The average Bonchev–Trinajstić information content (AvgIpc) is 2.54. The molecule has 2 rings (SSSR count). The molecule has 0 aromatic heterocycles. The van der Waals surface area contributed by atoms with Crippen LogP contribution >= 0.6 is 0 Å². The number of hydrazine groups is 1. The van der Waals surface area contributed by atoms with E-state index in [-0.39, 0.29) is 11.9 Å². The minimum atomic E-state index is -0.632. The van der Waals surface area contributed by atoms with Crippen LogP contribution in [0.5, 0.6) is 0 Å². The van der Waals surface area contributed by atoms with Gasteiger partial charge in [-0.25, -0.2) is 9.86 Å². The number of carbonyl (C=O) groups excluding carboxylic acids is 3. The van der Waals surface area contributed by atoms with Crippen molar-refractivity contribution in [2.75, 3.05) is 13.6 Å². The van der Waals surface area contributed by atoms with Gasteiger partial charge < -0.3 is 4.90 Å². The Labute approximate surface area is 104 Å². The molecule has 4 amide bonds. The minimum absolute atomic E-state index is 0.230. The quantitative estimate of drug-likeness (QED) is 0.472. The van der Waals surface area contributed by atoms with Gasteiger partial charge in [0.1, 0.15) is 6.04 Å². The van der Waals surface area contributed by atoms with Gasteiger partial charge in [0.05, 0.1) is 6.04 Å². The van der Waals surface area contributed by atoms with Crippen molar-refractivity contribution >= 4 is 17.8 Å². The van der Waals surface area contributed by atoms with Gasteiger partial charge >= 0.3 is 6.03 Å². The van der Waals surface area contributed by atoms with E-state index < -0.39 is 18.0 Å². The second kappa shape index (κ2) is 4.45. The minimum Gasteiger partial charge on any atom is -0.309 e. The molecule has 2 fully saturated rings. The summed E-state index contributed by atoms with van der Waals surface area (Å²) in [4.78, 5) is 36.0. The van der Waals surface area contributed by atoms with Crippen molar-refractivity contribution < 1.29 is 19.6 Å². The van der Waals surface area contributed by atoms with Crippen LogP contribution < -0.4 is 5.43 Å². The Kier molecular flexibility index (Phi) is 3.12. The normalized spacial score (nSPS) is 26.3. The van der Waals surface area contributed by atoms with E-state index in [0.29, 0.717) is 24.4 Å². The zero-order valence-electron chi connectivity index (χ0n) is 10.3. The molecule has 0 radical (unpaired) electrons. The van der Waals surface area contributed by atoms with Crippen molar-refractivity contribution in [3.05, 3.63) is 0 Å². The molecule has 8 heteroatoms. The van der Waals surface area contributed by atoms with Crippen LogP contribution in [0.2, 0.25) is 0 Å². The lowest BCUT2D eigenvalue weighted by molar-refractivity contribution is -0.140. The lowest BCUT2D eigenvalue weighted by Crippen LogP contribution is -2.54. The van der Waals surface area contributed by atoms with Gasteiger partial charge in [-0.1, -0.05) is 0 Å². The highest BCUT2D eigenvalue weighted by atomic mass is 16.5. The van der Waals surface area contributed by atoms with Crippen molar-refractivity contribution in [2.45, 2.75) is 31.8 Å². The molecule has 8 nitrogen and oxygen atoms in total. The molecule has 2 aliphatic rings. The van der Waals surface area contributed by atoms with Crippen LogP contribution in [0.15, 0.2) is 0 Å². The molecule has 2 atom stereocenters. The summed E-state index contributed by atoms with van der Waals surface area (Å²) in [7, 11) is 1.44. The predicted molar refractivity (Wildman–Crippen MR) is 59.1 cm³/mol. The third-order valence-electron chi connectivity index (χ3n) is 3.40. The topological polar surface area (TPSA) is 93.2 Å². The largest absolute Gasteiger partial charge is 0.344 e. The molecule has 2 aliphatic heterocycles. The molecule has 18 heavy (non-hydrogen) atoms. The Morgan fingerprint density at radius 1 is 1.44 bits per heavy atom. The predicted octanol–water partition coefficient (Wildman–Crippen LogP) is -0.846. The highest BCUT2D eigenvalue weighted by molar-refractivity contribution is 5.89. The zero-order chi connectivity index (χ0) is 13.4. The van der Waals surface area contributed by atoms with Crippen LogP contribution in [-0.2, 0) is 9.59 Å². The van der Waals surface area contributed by atoms with Crippen molar-refractivity contribution in [3.8, 4) is 0 Å². The average molecular weight is 256 g/mol. The summed E-state index contributed by atoms with van der Waals surface area (Å²) in [6.07, 6.45) is 1.05. The number of fused-ring (bicyclic) bond motifs is 2. The Morgan fingerprint density at radius 2 is 2.11 bits per heavy atom. The van der Waals surface area contributed by atoms with Crippen LogP contribution in [0.1, 0.15) is 19.8 Å². The highest BCUT2D eigenvalue weighted by Crippen LogP contribution is 2.28. The van der Waals surface area contributed by atoms with Crippen molar-refractivity contribution in [1.82, 2.24) is 20.4 Å². The number of nitrogens with zero attached hydrogens (tertiary/aromatic N) is 3. The van der Waals surface area contributed by atoms with Crippen molar-refractivity contribution in [1.29, 1.82) is 0 Å². The third-order valence-corrected chi connectivity index (χ3v) is 3.40. The van der Waals surface area contributed by atoms with Gasteiger partial charge in [0, 0.05) is 20.5 Å². The molecule has 2 saturated heterocycles. The van der Waals surface area contributed by atoms with Crippen molar-refractivity contribution in [2.24, 2.45) is 0 Å². The molecule has 0 spiro atoms. The number of amides is 4. The number of urea groups is 1. The molecule has 2 bridgehead atoms. The van der Waals surface area contributed by atoms with Gasteiger partial charge in [-0.15, -0.1) is 0 Å². The van der Waals surface area contributed by atoms with E-state index in [2.05, 4.69) is 5.43 Å². The Balaban J connectivity index is 2.04. The first-order valence-corrected chi connectivity index (χ1v) is 5.75. The number of hydroxylamine groups is 2. The monoisotopic (exact) mass is 256 g/mol. The molecular formula is C10H16N4O4. The summed E-state index contributed by atoms with van der Waals surface area (Å²) in [5.74, 6) is -0.705. The van der Waals surface area contributed by atoms with Crippen LogP contribution in [-0.4, -0.2) is 63.7 Å². The van der Waals surface area contributed by atoms with Crippen LogP contribution in [0.4, 0.5) is 4.79 Å². The van der Waals surface area contributed by atoms with Crippen LogP contribution in [0.25, 0.3) is 0 Å². The number of piperidine rings is 1. The maximum atomic E-state index is 12.0. The first-order chi connectivity index (χ1) is 8.41. The van der Waals surface area contributed by atoms with Gasteiger partial charge in [-0.3, -0.25) is 25.2 Å². The summed E-state index contributed by atoms with van der Waals surface area (Å²) in [5.41, 5.74) is 2.42. The molecule has 2 heterocycles. The molecule has 0 saturated carbocycles. The summed E-state index contributed by atoms with van der Waals surface area (Å²) in [6.45, 7) is 1.67. The molecule has 2 N–H and O–H groups in total. The number of nitrogens with one attached hydrogen (secondary N) is 1. The van der Waals surface area contributed by atoms with E-state index in [0.717, 1.165) is 5.01 Å². The zero-order valence-corrected chi connectivity index (χ0v) is 10.3. The fourth-order valence-electron chi connectivity index (χ4n) is 2.24. The van der Waals surface area contributed by atoms with E-state index in [4.69, 9.17) is 0 Å². The van der Waals surface area contributed by atoms with Crippen LogP contribution in [0.3, 0.4) is 0 Å². The highest BCUT2D eigenvalue weighted by Gasteiger charge is 2.46. The number of hydrogen-bond donors (Lipinski definition) is 2. The SMILES string of the molecule is CC(=O)N(C)NC(=O)[C@H]1CC[C@H]2CN1C(=O)N2O. The molecule has 0 aliphatic carbocycles. The Hall–Kier alpha value is -1.83.